The van der Waals surface area contributed by atoms with E-state index in [1.165, 1.54) is 11.8 Å². The summed E-state index contributed by atoms with van der Waals surface area (Å²) in [6.45, 7) is 4.62. The Morgan fingerprint density at radius 2 is 1.68 bits per heavy atom. The van der Waals surface area contributed by atoms with Gasteiger partial charge in [0, 0.05) is 22.7 Å². The number of thioether (sulfide) groups is 1. The number of ether oxygens (including phenoxy) is 1. The number of carbonyl (C=O) groups is 1. The molecule has 0 aliphatic carbocycles. The van der Waals surface area contributed by atoms with Gasteiger partial charge in [-0.15, -0.1) is 10.2 Å². The lowest BCUT2D eigenvalue weighted by molar-refractivity contribution is -0.118. The zero-order chi connectivity index (χ0) is 26.4. The predicted octanol–water partition coefficient (Wildman–Crippen LogP) is 6.78. The Kier molecular flexibility index (Phi) is 9.14. The number of carbonyl (C=O) groups excluding carboxylic acids is 1. The van der Waals surface area contributed by atoms with E-state index in [9.17, 15) is 4.79 Å². The quantitative estimate of drug-likeness (QED) is 0.219. The summed E-state index contributed by atoms with van der Waals surface area (Å²) in [6, 6.07) is 19.2. The lowest BCUT2D eigenvalue weighted by Crippen LogP contribution is -2.25. The summed E-state index contributed by atoms with van der Waals surface area (Å²) in [4.78, 5) is 12.8. The summed E-state index contributed by atoms with van der Waals surface area (Å²) in [5.41, 5.74) is 4.98. The molecule has 0 saturated heterocycles. The molecule has 9 heteroatoms. The minimum atomic E-state index is -0.115. The number of rotatable bonds is 10. The van der Waals surface area contributed by atoms with Crippen LogP contribution in [0.1, 0.15) is 30.5 Å². The molecule has 0 fully saturated rings. The molecule has 0 atom stereocenters. The van der Waals surface area contributed by atoms with Crippen molar-refractivity contribution < 1.29 is 9.53 Å². The SMILES string of the molecule is CCc1cccc(CC)c1-n1c(SCC(=O)NCc2ccccc2OC)nnc1-c1ccc(Cl)cc1Cl. The van der Waals surface area contributed by atoms with E-state index < -0.39 is 0 Å². The number of aryl methyl sites for hydroxylation is 2. The Morgan fingerprint density at radius 3 is 2.35 bits per heavy atom. The highest BCUT2D eigenvalue weighted by molar-refractivity contribution is 7.99. The van der Waals surface area contributed by atoms with Gasteiger partial charge in [-0.3, -0.25) is 9.36 Å². The van der Waals surface area contributed by atoms with Crippen LogP contribution in [0.15, 0.2) is 65.8 Å². The summed E-state index contributed by atoms with van der Waals surface area (Å²) in [5, 5.41) is 13.6. The smallest absolute Gasteiger partial charge is 0.230 e. The Bertz CT molecular complexity index is 1380. The average molecular weight is 556 g/mol. The van der Waals surface area contributed by atoms with E-state index in [1.54, 1.807) is 19.2 Å². The van der Waals surface area contributed by atoms with Gasteiger partial charge in [-0.1, -0.05) is 85.2 Å². The van der Waals surface area contributed by atoms with E-state index in [0.29, 0.717) is 27.6 Å². The Balaban J connectivity index is 1.66. The number of para-hydroxylation sites is 2. The minimum absolute atomic E-state index is 0.115. The number of benzene rings is 3. The molecule has 4 aromatic rings. The lowest BCUT2D eigenvalue weighted by Gasteiger charge is -2.18. The average Bonchev–Trinajstić information content (AvgIpc) is 3.33. The second kappa shape index (κ2) is 12.5. The van der Waals surface area contributed by atoms with Gasteiger partial charge in [0.2, 0.25) is 5.91 Å². The van der Waals surface area contributed by atoms with Crippen LogP contribution in [0.3, 0.4) is 0 Å². The van der Waals surface area contributed by atoms with Crippen LogP contribution in [0.2, 0.25) is 10.0 Å². The summed E-state index contributed by atoms with van der Waals surface area (Å²) in [6.07, 6.45) is 1.66. The largest absolute Gasteiger partial charge is 0.496 e. The van der Waals surface area contributed by atoms with E-state index >= 15 is 0 Å². The fourth-order valence-electron chi connectivity index (χ4n) is 4.14. The van der Waals surface area contributed by atoms with E-state index in [0.717, 1.165) is 46.5 Å². The first-order valence-corrected chi connectivity index (χ1v) is 13.7. The lowest BCUT2D eigenvalue weighted by atomic mass is 10.0. The van der Waals surface area contributed by atoms with Gasteiger partial charge >= 0.3 is 0 Å². The molecular weight excluding hydrogens is 527 g/mol. The highest BCUT2D eigenvalue weighted by Crippen LogP contribution is 2.36. The van der Waals surface area contributed by atoms with Gasteiger partial charge in [0.25, 0.3) is 0 Å². The first-order valence-electron chi connectivity index (χ1n) is 12.0. The predicted molar refractivity (Wildman–Crippen MR) is 151 cm³/mol. The highest BCUT2D eigenvalue weighted by atomic mass is 35.5. The molecule has 0 saturated carbocycles. The van der Waals surface area contributed by atoms with Crippen LogP contribution in [0.5, 0.6) is 5.75 Å². The van der Waals surface area contributed by atoms with Crippen LogP contribution in [0.4, 0.5) is 0 Å². The Hall–Kier alpha value is -3.00. The van der Waals surface area contributed by atoms with E-state index in [1.807, 2.05) is 34.9 Å². The third-order valence-corrected chi connectivity index (χ3v) is 7.47. The fourth-order valence-corrected chi connectivity index (χ4v) is 5.40. The molecule has 6 nitrogen and oxygen atoms in total. The van der Waals surface area contributed by atoms with Gasteiger partial charge in [0.15, 0.2) is 11.0 Å². The molecular formula is C28H28Cl2N4O2S. The van der Waals surface area contributed by atoms with E-state index in [-0.39, 0.29) is 11.7 Å². The van der Waals surface area contributed by atoms with Crippen molar-refractivity contribution in [3.63, 3.8) is 0 Å². The molecule has 192 valence electrons. The van der Waals surface area contributed by atoms with Crippen LogP contribution in [-0.2, 0) is 24.2 Å². The van der Waals surface area contributed by atoms with Gasteiger partial charge in [-0.2, -0.15) is 0 Å². The maximum atomic E-state index is 12.8. The number of methoxy groups -OCH3 is 1. The molecule has 37 heavy (non-hydrogen) atoms. The summed E-state index contributed by atoms with van der Waals surface area (Å²) in [7, 11) is 1.62. The maximum Gasteiger partial charge on any atom is 0.230 e. The number of aromatic nitrogens is 3. The van der Waals surface area contributed by atoms with Crippen LogP contribution < -0.4 is 10.1 Å². The number of amides is 1. The molecule has 1 amide bonds. The highest BCUT2D eigenvalue weighted by Gasteiger charge is 2.22. The zero-order valence-corrected chi connectivity index (χ0v) is 23.3. The van der Waals surface area contributed by atoms with Gasteiger partial charge in [-0.25, -0.2) is 0 Å². The second-order valence-electron chi connectivity index (χ2n) is 8.27. The first-order chi connectivity index (χ1) is 18.0. The van der Waals surface area contributed by atoms with Crippen molar-refractivity contribution >= 4 is 40.9 Å². The fraction of sp³-hybridized carbons (Fsp3) is 0.250. The second-order valence-corrected chi connectivity index (χ2v) is 10.1. The van der Waals surface area contributed by atoms with Crippen LogP contribution in [0.25, 0.3) is 17.1 Å². The van der Waals surface area contributed by atoms with Crippen molar-refractivity contribution in [3.05, 3.63) is 87.4 Å². The summed E-state index contributed by atoms with van der Waals surface area (Å²) >= 11 is 14.1. The third kappa shape index (κ3) is 6.12. The Morgan fingerprint density at radius 1 is 0.973 bits per heavy atom. The maximum absolute atomic E-state index is 12.8. The topological polar surface area (TPSA) is 69.0 Å². The van der Waals surface area contributed by atoms with Crippen molar-refractivity contribution in [3.8, 4) is 22.8 Å². The monoisotopic (exact) mass is 554 g/mol. The number of nitrogens with zero attached hydrogens (tertiary/aromatic N) is 3. The van der Waals surface area contributed by atoms with Gasteiger partial charge in [-0.05, 0) is 48.2 Å². The third-order valence-electron chi connectivity index (χ3n) is 5.99. The first kappa shape index (κ1) is 27.0. The zero-order valence-electron chi connectivity index (χ0n) is 20.9. The molecule has 1 aromatic heterocycles. The minimum Gasteiger partial charge on any atom is -0.496 e. The molecule has 0 spiro atoms. The van der Waals surface area contributed by atoms with Crippen molar-refractivity contribution in [2.24, 2.45) is 0 Å². The van der Waals surface area contributed by atoms with E-state index in [2.05, 4.69) is 47.6 Å². The van der Waals surface area contributed by atoms with Gasteiger partial charge in [0.1, 0.15) is 5.75 Å². The molecule has 0 aliphatic rings. The molecule has 1 N–H and O–H groups in total. The van der Waals surface area contributed by atoms with Crippen LogP contribution in [0, 0.1) is 0 Å². The Labute approximate surface area is 231 Å². The van der Waals surface area contributed by atoms with Crippen molar-refractivity contribution in [2.45, 2.75) is 38.4 Å². The number of halogens is 2. The molecule has 0 radical (unpaired) electrons. The molecule has 0 unspecified atom stereocenters. The molecule has 3 aromatic carbocycles. The number of nitrogens with one attached hydrogen (secondary N) is 1. The van der Waals surface area contributed by atoms with Gasteiger partial charge in [0.05, 0.1) is 23.6 Å². The van der Waals surface area contributed by atoms with Crippen molar-refractivity contribution in [1.82, 2.24) is 20.1 Å². The molecule has 1 heterocycles. The molecule has 0 bridgehead atoms. The number of hydrogen-bond acceptors (Lipinski definition) is 5. The molecule has 0 aliphatic heterocycles. The number of hydrogen-bond donors (Lipinski definition) is 1. The van der Waals surface area contributed by atoms with E-state index in [4.69, 9.17) is 27.9 Å². The standard InChI is InChI=1S/C28H28Cl2N4O2S/c1-4-18-10-8-11-19(5-2)26(18)34-27(22-14-13-21(29)15-23(22)30)32-33-28(34)37-17-25(35)31-16-20-9-6-7-12-24(20)36-3/h6-15H,4-5,16-17H2,1-3H3,(H,31,35). The van der Waals surface area contributed by atoms with Crippen molar-refractivity contribution in [2.75, 3.05) is 12.9 Å². The van der Waals surface area contributed by atoms with Crippen molar-refractivity contribution in [1.29, 1.82) is 0 Å². The van der Waals surface area contributed by atoms with Crippen LogP contribution >= 0.6 is 35.0 Å². The molecule has 4 rings (SSSR count). The van der Waals surface area contributed by atoms with Crippen LogP contribution in [-0.4, -0.2) is 33.5 Å². The normalized spacial score (nSPS) is 10.9. The summed E-state index contributed by atoms with van der Waals surface area (Å²) < 4.78 is 7.40. The summed E-state index contributed by atoms with van der Waals surface area (Å²) in [5.74, 6) is 1.41. The van der Waals surface area contributed by atoms with Gasteiger partial charge < -0.3 is 10.1 Å².